The van der Waals surface area contributed by atoms with Crippen LogP contribution in [0.4, 0.5) is 9.80 Å². The fraction of sp³-hybridized carbons (Fsp3) is 0.500. The van der Waals surface area contributed by atoms with Crippen LogP contribution in [0.3, 0.4) is 0 Å². The lowest BCUT2D eigenvalue weighted by molar-refractivity contribution is 0.00699. The van der Waals surface area contributed by atoms with Crippen LogP contribution >= 0.6 is 22.7 Å². The Kier molecular flexibility index (Phi) is 6.91. The minimum Gasteiger partial charge on any atom is -0.456 e. The number of fused-ring (bicyclic) bond motifs is 2. The van der Waals surface area contributed by atoms with Gasteiger partial charge in [-0.2, -0.15) is 0 Å². The molecule has 0 fully saturated rings. The molecule has 35 heavy (non-hydrogen) atoms. The zero-order valence-electron chi connectivity index (χ0n) is 20.8. The Hall–Kier alpha value is -2.38. The van der Waals surface area contributed by atoms with Crippen LogP contribution < -0.4 is 10.6 Å². The Morgan fingerprint density at radius 3 is 2.34 bits per heavy atom. The van der Waals surface area contributed by atoms with Crippen LogP contribution in [0.1, 0.15) is 94.6 Å². The van der Waals surface area contributed by atoms with Gasteiger partial charge in [-0.1, -0.05) is 18.2 Å². The quantitative estimate of drug-likeness (QED) is 0.418. The number of esters is 1. The van der Waals surface area contributed by atoms with Crippen molar-refractivity contribution >= 4 is 45.2 Å². The molecule has 7 heteroatoms. The molecule has 0 atom stereocenters. The second-order valence-corrected chi connectivity index (χ2v) is 12.8. The third kappa shape index (κ3) is 5.26. The number of thiophene rings is 2. The highest BCUT2D eigenvalue weighted by Crippen LogP contribution is 2.41. The third-order valence-electron chi connectivity index (χ3n) is 6.74. The average molecular weight is 511 g/mol. The van der Waals surface area contributed by atoms with E-state index in [1.807, 2.05) is 32.1 Å². The van der Waals surface area contributed by atoms with E-state index in [0.717, 1.165) is 50.5 Å². The van der Waals surface area contributed by atoms with Gasteiger partial charge in [0, 0.05) is 21.2 Å². The lowest BCUT2D eigenvalue weighted by Crippen LogP contribution is -2.30. The van der Waals surface area contributed by atoms with Crippen molar-refractivity contribution in [3.8, 4) is 0 Å². The number of hydrogen-bond acceptors (Lipinski definition) is 5. The monoisotopic (exact) mass is 510 g/mol. The zero-order valence-corrected chi connectivity index (χ0v) is 22.5. The number of urea groups is 1. The summed E-state index contributed by atoms with van der Waals surface area (Å²) in [5.74, 6) is -0.346. The largest absolute Gasteiger partial charge is 0.456 e. The van der Waals surface area contributed by atoms with Gasteiger partial charge in [0.25, 0.3) is 0 Å². The Morgan fingerprint density at radius 1 is 0.971 bits per heavy atom. The normalized spacial score (nSPS) is 16.9. The highest BCUT2D eigenvalue weighted by Gasteiger charge is 2.30. The van der Waals surface area contributed by atoms with Crippen LogP contribution in [0.5, 0.6) is 0 Å². The molecular weight excluding hydrogens is 476 g/mol. The first-order valence-electron chi connectivity index (χ1n) is 12.7. The van der Waals surface area contributed by atoms with Gasteiger partial charge >= 0.3 is 12.0 Å². The first-order chi connectivity index (χ1) is 16.8. The maximum atomic E-state index is 13.1. The van der Waals surface area contributed by atoms with Gasteiger partial charge in [0.2, 0.25) is 0 Å². The molecule has 186 valence electrons. The number of carbonyl (C=O) groups excluding carboxylic acids is 2. The van der Waals surface area contributed by atoms with Crippen molar-refractivity contribution in [3.63, 3.8) is 0 Å². The molecule has 2 amide bonds. The number of anilines is 1. The Morgan fingerprint density at radius 2 is 1.66 bits per heavy atom. The number of nitrogens with one attached hydrogen (secondary N) is 2. The summed E-state index contributed by atoms with van der Waals surface area (Å²) in [6, 6.07) is -0.272. The number of carbonyl (C=O) groups is 2. The first-order valence-corrected chi connectivity index (χ1v) is 14.4. The maximum Gasteiger partial charge on any atom is 0.341 e. The third-order valence-corrected chi connectivity index (χ3v) is 9.33. The fourth-order valence-electron chi connectivity index (χ4n) is 5.19. The van der Waals surface area contributed by atoms with Crippen molar-refractivity contribution in [2.75, 3.05) is 5.32 Å². The molecule has 0 saturated heterocycles. The topological polar surface area (TPSA) is 67.4 Å². The predicted molar refractivity (Wildman–Crippen MR) is 145 cm³/mol. The number of rotatable bonds is 5. The summed E-state index contributed by atoms with van der Waals surface area (Å²) in [5.41, 5.74) is 4.98. The van der Waals surface area contributed by atoms with Crippen molar-refractivity contribution in [2.24, 2.45) is 0 Å². The van der Waals surface area contributed by atoms with Crippen LogP contribution in [0.15, 0.2) is 18.2 Å². The van der Waals surface area contributed by atoms with Crippen molar-refractivity contribution in [3.05, 3.63) is 55.1 Å². The lowest BCUT2D eigenvalue weighted by Gasteiger charge is -2.21. The zero-order chi connectivity index (χ0) is 24.6. The second kappa shape index (κ2) is 9.94. The van der Waals surface area contributed by atoms with Crippen LogP contribution in [-0.2, 0) is 37.0 Å². The van der Waals surface area contributed by atoms with Crippen LogP contribution in [0.2, 0.25) is 0 Å². The Bertz CT molecular complexity index is 1210. The van der Waals surface area contributed by atoms with E-state index in [4.69, 9.17) is 4.74 Å². The van der Waals surface area contributed by atoms with Crippen molar-refractivity contribution in [1.82, 2.24) is 5.32 Å². The molecule has 0 aliphatic heterocycles. The van der Waals surface area contributed by atoms with Gasteiger partial charge in [-0.25, -0.2) is 9.59 Å². The molecule has 2 N–H and O–H groups in total. The summed E-state index contributed by atoms with van der Waals surface area (Å²) in [6.45, 7) is 6.11. The summed E-state index contributed by atoms with van der Waals surface area (Å²) in [5, 5.41) is 6.72. The molecule has 0 bridgehead atoms. The molecule has 5 nitrogen and oxygen atoms in total. The van der Waals surface area contributed by atoms with E-state index in [-0.39, 0.29) is 12.0 Å². The van der Waals surface area contributed by atoms with Gasteiger partial charge in [-0.05, 0) is 101 Å². The highest BCUT2D eigenvalue weighted by molar-refractivity contribution is 7.17. The molecule has 0 radical (unpaired) electrons. The Labute approximate surface area is 215 Å². The number of aryl methyl sites for hydroxylation is 2. The van der Waals surface area contributed by atoms with E-state index in [2.05, 4.69) is 28.9 Å². The Balaban J connectivity index is 1.36. The predicted octanol–water partition coefficient (Wildman–Crippen LogP) is 7.19. The van der Waals surface area contributed by atoms with E-state index in [1.54, 1.807) is 0 Å². The molecule has 0 aromatic carbocycles. The van der Waals surface area contributed by atoms with Crippen molar-refractivity contribution in [2.45, 2.75) is 90.7 Å². The van der Waals surface area contributed by atoms with Crippen LogP contribution in [0, 0.1) is 0 Å². The van der Waals surface area contributed by atoms with E-state index in [9.17, 15) is 9.59 Å². The molecule has 2 aromatic heterocycles. The maximum absolute atomic E-state index is 13.1. The number of allylic oxidation sites excluding steroid dienone is 4. The van der Waals surface area contributed by atoms with Gasteiger partial charge < -0.3 is 10.1 Å². The fourth-order valence-corrected chi connectivity index (χ4v) is 7.89. The smallest absolute Gasteiger partial charge is 0.341 e. The molecule has 3 aliphatic carbocycles. The van der Waals surface area contributed by atoms with E-state index >= 15 is 0 Å². The summed E-state index contributed by atoms with van der Waals surface area (Å²) in [7, 11) is 0. The van der Waals surface area contributed by atoms with Gasteiger partial charge in [-0.3, -0.25) is 5.32 Å². The molecular formula is C28H34N2O3S2. The van der Waals surface area contributed by atoms with Crippen molar-refractivity contribution < 1.29 is 14.3 Å². The molecule has 0 unspecified atom stereocenters. The highest BCUT2D eigenvalue weighted by atomic mass is 32.1. The standard InChI is InChI=1S/C28H34N2O3S2/c1-28(2,3)33-26(31)23-19-13-7-9-15-22(19)35-25(23)30-27(32)29-16-20-18-12-6-8-14-21(18)34-24(20)17-10-4-5-11-17/h4,10-11H,5-9,12-16H2,1-3H3,(H2,29,30,32). The summed E-state index contributed by atoms with van der Waals surface area (Å²) < 4.78 is 5.71. The molecule has 0 saturated carbocycles. The first kappa shape index (κ1) is 24.3. The van der Waals surface area contributed by atoms with Crippen molar-refractivity contribution in [1.29, 1.82) is 0 Å². The van der Waals surface area contributed by atoms with E-state index < -0.39 is 5.60 Å². The average Bonchev–Trinajstić information content (AvgIpc) is 3.53. The number of hydrogen-bond donors (Lipinski definition) is 2. The number of amides is 2. The van der Waals surface area contributed by atoms with Crippen LogP contribution in [-0.4, -0.2) is 17.6 Å². The summed E-state index contributed by atoms with van der Waals surface area (Å²) in [6.07, 6.45) is 16.3. The van der Waals surface area contributed by atoms with Gasteiger partial charge in [0.1, 0.15) is 10.6 Å². The minimum atomic E-state index is -0.585. The lowest BCUT2D eigenvalue weighted by atomic mass is 9.94. The van der Waals surface area contributed by atoms with Gasteiger partial charge in [0.15, 0.2) is 0 Å². The molecule has 2 aromatic rings. The second-order valence-electron chi connectivity index (χ2n) is 10.5. The molecule has 0 spiro atoms. The van der Waals surface area contributed by atoms with Gasteiger partial charge in [0.05, 0.1) is 5.56 Å². The molecule has 2 heterocycles. The molecule has 5 rings (SSSR count). The SMILES string of the molecule is CC(C)(C)OC(=O)c1c(NC(=O)NCc2c(C3=CCC=C3)sc3c2CCCC3)sc2c1CCCC2. The van der Waals surface area contributed by atoms with E-state index in [0.29, 0.717) is 17.1 Å². The summed E-state index contributed by atoms with van der Waals surface area (Å²) in [4.78, 5) is 30.2. The minimum absolute atomic E-state index is 0.272. The van der Waals surface area contributed by atoms with E-state index in [1.165, 1.54) is 55.5 Å². The van der Waals surface area contributed by atoms with Crippen LogP contribution in [0.25, 0.3) is 5.57 Å². The van der Waals surface area contributed by atoms with Gasteiger partial charge in [-0.15, -0.1) is 22.7 Å². The molecule has 3 aliphatic rings. The number of ether oxygens (including phenoxy) is 1. The summed E-state index contributed by atoms with van der Waals surface area (Å²) >= 11 is 3.42.